The molecule has 7 nitrogen and oxygen atoms in total. The standard InChI is InChI=1S/C17H23N5O2/c1-4-22-14(7-8-18-22)13-10-12(2)19-17(20-13)15-6-5-9-21(15)16(23)11-24-3/h7-8,10,15H,4-6,9,11H2,1-3H3/t15-/m0/s1. The number of nitrogens with zero attached hydrogens (tertiary/aromatic N) is 5. The van der Waals surface area contributed by atoms with Crippen molar-refractivity contribution >= 4 is 5.91 Å². The van der Waals surface area contributed by atoms with Gasteiger partial charge in [0.15, 0.2) is 5.82 Å². The summed E-state index contributed by atoms with van der Waals surface area (Å²) in [5, 5.41) is 4.31. The summed E-state index contributed by atoms with van der Waals surface area (Å²) >= 11 is 0. The zero-order chi connectivity index (χ0) is 17.1. The van der Waals surface area contributed by atoms with Crippen molar-refractivity contribution in [1.82, 2.24) is 24.6 Å². The lowest BCUT2D eigenvalue weighted by molar-refractivity contribution is -0.136. The zero-order valence-corrected chi connectivity index (χ0v) is 14.4. The monoisotopic (exact) mass is 329 g/mol. The van der Waals surface area contributed by atoms with Crippen molar-refractivity contribution in [2.45, 2.75) is 39.3 Å². The molecule has 0 radical (unpaired) electrons. The average Bonchev–Trinajstić information content (AvgIpc) is 3.23. The van der Waals surface area contributed by atoms with Crippen LogP contribution in [-0.2, 0) is 16.1 Å². The second-order valence-corrected chi connectivity index (χ2v) is 5.96. The van der Waals surface area contributed by atoms with Gasteiger partial charge in [0.1, 0.15) is 6.61 Å². The van der Waals surface area contributed by atoms with E-state index in [1.165, 1.54) is 7.11 Å². The Bertz CT molecular complexity index is 728. The lowest BCUT2D eigenvalue weighted by Crippen LogP contribution is -2.34. The van der Waals surface area contributed by atoms with E-state index >= 15 is 0 Å². The molecule has 1 aliphatic rings. The summed E-state index contributed by atoms with van der Waals surface area (Å²) in [4.78, 5) is 23.4. The largest absolute Gasteiger partial charge is 0.375 e. The molecule has 128 valence electrons. The third-order valence-corrected chi connectivity index (χ3v) is 4.29. The third kappa shape index (κ3) is 3.17. The number of amides is 1. The van der Waals surface area contributed by atoms with E-state index in [4.69, 9.17) is 9.72 Å². The lowest BCUT2D eigenvalue weighted by Gasteiger charge is -2.24. The highest BCUT2D eigenvalue weighted by Gasteiger charge is 2.32. The van der Waals surface area contributed by atoms with E-state index in [0.29, 0.717) is 5.82 Å². The molecule has 0 unspecified atom stereocenters. The third-order valence-electron chi connectivity index (χ3n) is 4.29. The fourth-order valence-corrected chi connectivity index (χ4v) is 3.21. The molecular weight excluding hydrogens is 306 g/mol. The van der Waals surface area contributed by atoms with Gasteiger partial charge >= 0.3 is 0 Å². The number of hydrogen-bond donors (Lipinski definition) is 0. The Labute approximate surface area is 141 Å². The summed E-state index contributed by atoms with van der Waals surface area (Å²) in [6.07, 6.45) is 3.62. The first-order valence-corrected chi connectivity index (χ1v) is 8.30. The van der Waals surface area contributed by atoms with Gasteiger partial charge in [-0.2, -0.15) is 5.10 Å². The van der Waals surface area contributed by atoms with E-state index in [1.807, 2.05) is 35.6 Å². The SMILES string of the molecule is CCn1nccc1-c1cc(C)nc([C@@H]2CCCN2C(=O)COC)n1. The van der Waals surface area contributed by atoms with Crippen molar-refractivity contribution in [2.75, 3.05) is 20.3 Å². The smallest absolute Gasteiger partial charge is 0.249 e. The van der Waals surface area contributed by atoms with Gasteiger partial charge in [-0.1, -0.05) is 0 Å². The highest BCUT2D eigenvalue weighted by molar-refractivity contribution is 5.78. The Morgan fingerprint density at radius 1 is 1.42 bits per heavy atom. The number of likely N-dealkylation sites (tertiary alicyclic amines) is 1. The van der Waals surface area contributed by atoms with E-state index in [1.54, 1.807) is 6.20 Å². The molecule has 3 heterocycles. The van der Waals surface area contributed by atoms with Crippen LogP contribution in [0.4, 0.5) is 0 Å². The molecule has 7 heteroatoms. The summed E-state index contributed by atoms with van der Waals surface area (Å²) in [7, 11) is 1.54. The molecule has 0 aliphatic carbocycles. The molecule has 0 aromatic carbocycles. The Kier molecular flexibility index (Phi) is 4.89. The molecule has 0 saturated carbocycles. The van der Waals surface area contributed by atoms with E-state index in [-0.39, 0.29) is 18.6 Å². The molecule has 1 saturated heterocycles. The number of ether oxygens (including phenoxy) is 1. The van der Waals surface area contributed by atoms with Crippen LogP contribution >= 0.6 is 0 Å². The topological polar surface area (TPSA) is 73.1 Å². The number of carbonyl (C=O) groups is 1. The van der Waals surface area contributed by atoms with Crippen LogP contribution in [0.25, 0.3) is 11.4 Å². The van der Waals surface area contributed by atoms with Crippen LogP contribution in [0, 0.1) is 6.92 Å². The maximum absolute atomic E-state index is 12.3. The Hall–Kier alpha value is -2.28. The molecule has 1 aliphatic heterocycles. The molecule has 0 spiro atoms. The Morgan fingerprint density at radius 3 is 3.00 bits per heavy atom. The van der Waals surface area contributed by atoms with Crippen molar-refractivity contribution in [3.05, 3.63) is 29.8 Å². The fraction of sp³-hybridized carbons (Fsp3) is 0.529. The number of carbonyl (C=O) groups excluding carboxylic acids is 1. The first-order chi connectivity index (χ1) is 11.6. The molecule has 1 atom stereocenters. The van der Waals surface area contributed by atoms with Crippen molar-refractivity contribution in [3.63, 3.8) is 0 Å². The predicted molar refractivity (Wildman–Crippen MR) is 89.2 cm³/mol. The van der Waals surface area contributed by atoms with Crippen LogP contribution < -0.4 is 0 Å². The van der Waals surface area contributed by atoms with Gasteiger partial charge in [0.2, 0.25) is 5.91 Å². The molecular formula is C17H23N5O2. The molecule has 0 N–H and O–H groups in total. The van der Waals surface area contributed by atoms with Gasteiger partial charge in [-0.25, -0.2) is 9.97 Å². The minimum absolute atomic E-state index is 0.00902. The molecule has 1 amide bonds. The molecule has 1 fully saturated rings. The van der Waals surface area contributed by atoms with Crippen molar-refractivity contribution in [1.29, 1.82) is 0 Å². The molecule has 2 aromatic rings. The number of methoxy groups -OCH3 is 1. The minimum Gasteiger partial charge on any atom is -0.375 e. The number of hydrogen-bond acceptors (Lipinski definition) is 5. The first-order valence-electron chi connectivity index (χ1n) is 8.30. The number of rotatable bonds is 5. The highest BCUT2D eigenvalue weighted by Crippen LogP contribution is 2.31. The summed E-state index contributed by atoms with van der Waals surface area (Å²) < 4.78 is 6.90. The van der Waals surface area contributed by atoms with Crippen LogP contribution in [-0.4, -0.2) is 50.8 Å². The summed E-state index contributed by atoms with van der Waals surface area (Å²) in [5.74, 6) is 0.695. The normalized spacial score (nSPS) is 17.5. The Balaban J connectivity index is 1.95. The maximum atomic E-state index is 12.3. The Morgan fingerprint density at radius 2 is 2.25 bits per heavy atom. The second kappa shape index (κ2) is 7.09. The first kappa shape index (κ1) is 16.6. The van der Waals surface area contributed by atoms with E-state index in [0.717, 1.165) is 43.0 Å². The molecule has 24 heavy (non-hydrogen) atoms. The van der Waals surface area contributed by atoms with Gasteiger partial charge in [-0.15, -0.1) is 0 Å². The quantitative estimate of drug-likeness (QED) is 0.838. The second-order valence-electron chi connectivity index (χ2n) is 5.96. The van der Waals surface area contributed by atoms with Crippen LogP contribution in [0.2, 0.25) is 0 Å². The number of aryl methyl sites for hydroxylation is 2. The van der Waals surface area contributed by atoms with Gasteiger partial charge < -0.3 is 9.64 Å². The minimum atomic E-state index is -0.0794. The molecule has 0 bridgehead atoms. The summed E-state index contributed by atoms with van der Waals surface area (Å²) in [6, 6.07) is 3.84. The molecule has 3 rings (SSSR count). The van der Waals surface area contributed by atoms with Gasteiger partial charge in [-0.3, -0.25) is 9.48 Å². The average molecular weight is 329 g/mol. The fourth-order valence-electron chi connectivity index (χ4n) is 3.21. The highest BCUT2D eigenvalue weighted by atomic mass is 16.5. The van der Waals surface area contributed by atoms with Crippen LogP contribution in [0.1, 0.15) is 37.3 Å². The predicted octanol–water partition coefficient (Wildman–Crippen LogP) is 1.98. The molecule has 2 aromatic heterocycles. The van der Waals surface area contributed by atoms with Crippen LogP contribution in [0.15, 0.2) is 18.3 Å². The zero-order valence-electron chi connectivity index (χ0n) is 14.4. The van der Waals surface area contributed by atoms with Crippen molar-refractivity contribution < 1.29 is 9.53 Å². The van der Waals surface area contributed by atoms with Crippen LogP contribution in [0.5, 0.6) is 0 Å². The maximum Gasteiger partial charge on any atom is 0.249 e. The van der Waals surface area contributed by atoms with Gasteiger partial charge in [0, 0.05) is 32.1 Å². The number of aromatic nitrogens is 4. The van der Waals surface area contributed by atoms with Crippen molar-refractivity contribution in [3.8, 4) is 11.4 Å². The van der Waals surface area contributed by atoms with E-state index in [2.05, 4.69) is 10.1 Å². The lowest BCUT2D eigenvalue weighted by atomic mass is 10.1. The van der Waals surface area contributed by atoms with Gasteiger partial charge in [0.25, 0.3) is 0 Å². The summed E-state index contributed by atoms with van der Waals surface area (Å²) in [6.45, 7) is 5.61. The van der Waals surface area contributed by atoms with Gasteiger partial charge in [0.05, 0.1) is 17.4 Å². The van der Waals surface area contributed by atoms with E-state index in [9.17, 15) is 4.79 Å². The van der Waals surface area contributed by atoms with Gasteiger partial charge in [-0.05, 0) is 38.8 Å². The van der Waals surface area contributed by atoms with Crippen molar-refractivity contribution in [2.24, 2.45) is 0 Å². The van der Waals surface area contributed by atoms with E-state index < -0.39 is 0 Å². The summed E-state index contributed by atoms with van der Waals surface area (Å²) in [5.41, 5.74) is 2.71. The van der Waals surface area contributed by atoms with Crippen LogP contribution in [0.3, 0.4) is 0 Å².